The van der Waals surface area contributed by atoms with Gasteiger partial charge < -0.3 is 5.32 Å². The first kappa shape index (κ1) is 14.5. The molecule has 3 nitrogen and oxygen atoms in total. The van der Waals surface area contributed by atoms with E-state index in [0.29, 0.717) is 17.9 Å². The molecule has 0 unspecified atom stereocenters. The van der Waals surface area contributed by atoms with E-state index in [1.54, 1.807) is 25.4 Å². The fourth-order valence-electron chi connectivity index (χ4n) is 1.85. The summed E-state index contributed by atoms with van der Waals surface area (Å²) in [5.41, 5.74) is 0.701. The van der Waals surface area contributed by atoms with E-state index in [9.17, 15) is 13.2 Å². The van der Waals surface area contributed by atoms with Crippen LogP contribution >= 0.6 is 0 Å². The summed E-state index contributed by atoms with van der Waals surface area (Å²) in [4.78, 5) is 8.38. The Kier molecular flexibility index (Phi) is 4.34. The number of nitrogens with zero attached hydrogens (tertiary/aromatic N) is 2. The monoisotopic (exact) mass is 281 g/mol. The highest BCUT2D eigenvalue weighted by Crippen LogP contribution is 2.29. The summed E-state index contributed by atoms with van der Waals surface area (Å²) in [6, 6.07) is 7.00. The summed E-state index contributed by atoms with van der Waals surface area (Å²) in [5, 5.41) is 2.97. The first-order chi connectivity index (χ1) is 9.49. The van der Waals surface area contributed by atoms with Gasteiger partial charge in [0, 0.05) is 19.2 Å². The Morgan fingerprint density at radius 1 is 1.20 bits per heavy atom. The van der Waals surface area contributed by atoms with Gasteiger partial charge in [-0.15, -0.1) is 0 Å². The molecule has 0 fully saturated rings. The van der Waals surface area contributed by atoms with Gasteiger partial charge in [-0.05, 0) is 24.7 Å². The van der Waals surface area contributed by atoms with Crippen LogP contribution < -0.4 is 5.32 Å². The zero-order valence-electron chi connectivity index (χ0n) is 10.9. The van der Waals surface area contributed by atoms with E-state index in [2.05, 4.69) is 15.3 Å². The quantitative estimate of drug-likeness (QED) is 0.936. The summed E-state index contributed by atoms with van der Waals surface area (Å²) in [7, 11) is 1.80. The van der Waals surface area contributed by atoms with Gasteiger partial charge >= 0.3 is 6.18 Å². The van der Waals surface area contributed by atoms with Gasteiger partial charge in [0.05, 0.1) is 11.3 Å². The molecule has 0 atom stereocenters. The maximum atomic E-state index is 12.6. The molecule has 20 heavy (non-hydrogen) atoms. The lowest BCUT2D eigenvalue weighted by Gasteiger charge is -2.08. The van der Waals surface area contributed by atoms with Crippen molar-refractivity contribution in [2.24, 2.45) is 0 Å². The molecule has 6 heteroatoms. The van der Waals surface area contributed by atoms with E-state index >= 15 is 0 Å². The topological polar surface area (TPSA) is 37.8 Å². The Bertz CT molecular complexity index is 582. The molecule has 0 saturated heterocycles. The number of alkyl halides is 3. The van der Waals surface area contributed by atoms with Gasteiger partial charge in [0.25, 0.3) is 0 Å². The van der Waals surface area contributed by atoms with Crippen molar-refractivity contribution in [2.45, 2.75) is 19.1 Å². The smallest absolute Gasteiger partial charge is 0.314 e. The fraction of sp³-hybridized carbons (Fsp3) is 0.286. The maximum absolute atomic E-state index is 12.6. The van der Waals surface area contributed by atoms with Crippen LogP contribution in [0.3, 0.4) is 0 Å². The average molecular weight is 281 g/mol. The van der Waals surface area contributed by atoms with Crippen LogP contribution in [0.25, 0.3) is 0 Å². The summed E-state index contributed by atoms with van der Waals surface area (Å²) in [6.07, 6.45) is -2.44. The Hall–Kier alpha value is -1.95. The molecule has 2 aromatic rings. The Morgan fingerprint density at radius 3 is 2.70 bits per heavy atom. The molecule has 2 rings (SSSR count). The van der Waals surface area contributed by atoms with Gasteiger partial charge in [-0.3, -0.25) is 0 Å². The van der Waals surface area contributed by atoms with Gasteiger partial charge in [-0.25, -0.2) is 9.97 Å². The van der Waals surface area contributed by atoms with Crippen LogP contribution in [-0.4, -0.2) is 17.0 Å². The third-order valence-electron chi connectivity index (χ3n) is 2.74. The van der Waals surface area contributed by atoms with Crippen LogP contribution in [0.4, 0.5) is 13.2 Å². The van der Waals surface area contributed by atoms with Gasteiger partial charge in [0.1, 0.15) is 5.82 Å². The van der Waals surface area contributed by atoms with Gasteiger partial charge in [0.2, 0.25) is 0 Å². The fourth-order valence-corrected chi connectivity index (χ4v) is 1.85. The zero-order valence-corrected chi connectivity index (χ0v) is 10.9. The molecule has 106 valence electrons. The van der Waals surface area contributed by atoms with Crippen molar-refractivity contribution in [1.82, 2.24) is 15.3 Å². The van der Waals surface area contributed by atoms with Gasteiger partial charge in [-0.1, -0.05) is 18.2 Å². The summed E-state index contributed by atoms with van der Waals surface area (Å²) < 4.78 is 37.9. The molecule has 0 aliphatic rings. The number of hydrogen-bond acceptors (Lipinski definition) is 3. The third kappa shape index (κ3) is 3.77. The van der Waals surface area contributed by atoms with E-state index in [1.165, 1.54) is 6.07 Å². The Balaban J connectivity index is 2.19. The highest BCUT2D eigenvalue weighted by atomic mass is 19.4. The van der Waals surface area contributed by atoms with Crippen LogP contribution in [0.15, 0.2) is 36.5 Å². The molecule has 0 amide bonds. The first-order valence-corrected chi connectivity index (χ1v) is 6.10. The predicted octanol–water partition coefficient (Wildman–Crippen LogP) is 2.81. The molecule has 0 aliphatic heterocycles. The van der Waals surface area contributed by atoms with Crippen molar-refractivity contribution in [3.05, 3.63) is 59.2 Å². The lowest BCUT2D eigenvalue weighted by molar-refractivity contribution is -0.137. The number of benzene rings is 1. The molecule has 0 bridgehead atoms. The largest absolute Gasteiger partial charge is 0.416 e. The average Bonchev–Trinajstić information content (AvgIpc) is 2.39. The van der Waals surface area contributed by atoms with Crippen molar-refractivity contribution in [3.63, 3.8) is 0 Å². The molecule has 1 N–H and O–H groups in total. The molecule has 1 heterocycles. The third-order valence-corrected chi connectivity index (χ3v) is 2.74. The van der Waals surface area contributed by atoms with E-state index in [4.69, 9.17) is 0 Å². The molecular weight excluding hydrogens is 267 g/mol. The molecule has 0 radical (unpaired) electrons. The number of rotatable bonds is 4. The predicted molar refractivity (Wildman–Crippen MR) is 69.0 cm³/mol. The Labute approximate surface area is 114 Å². The second kappa shape index (κ2) is 6.00. The normalized spacial score (nSPS) is 11.6. The summed E-state index contributed by atoms with van der Waals surface area (Å²) in [6.45, 7) is 0.595. The second-order valence-electron chi connectivity index (χ2n) is 4.37. The highest BCUT2D eigenvalue weighted by Gasteiger charge is 2.30. The second-order valence-corrected chi connectivity index (χ2v) is 4.37. The van der Waals surface area contributed by atoms with Gasteiger partial charge in [-0.2, -0.15) is 13.2 Å². The number of hydrogen-bond donors (Lipinski definition) is 1. The van der Waals surface area contributed by atoms with E-state index in [1.807, 2.05) is 0 Å². The molecule has 1 aromatic heterocycles. The summed E-state index contributed by atoms with van der Waals surface area (Å²) in [5.74, 6) is 0.511. The minimum absolute atomic E-state index is 0.279. The lowest BCUT2D eigenvalue weighted by Crippen LogP contribution is -2.09. The molecular formula is C14H14F3N3. The molecule has 0 aliphatic carbocycles. The molecule has 0 spiro atoms. The number of nitrogens with one attached hydrogen (secondary N) is 1. The van der Waals surface area contributed by atoms with Crippen molar-refractivity contribution < 1.29 is 13.2 Å². The minimum atomic E-state index is -4.33. The zero-order chi connectivity index (χ0) is 14.6. The van der Waals surface area contributed by atoms with Gasteiger partial charge in [0.15, 0.2) is 0 Å². The van der Waals surface area contributed by atoms with Crippen LogP contribution in [0, 0.1) is 0 Å². The molecule has 1 aromatic carbocycles. The van der Waals surface area contributed by atoms with Crippen LogP contribution in [0.5, 0.6) is 0 Å². The highest BCUT2D eigenvalue weighted by molar-refractivity contribution is 5.27. The van der Waals surface area contributed by atoms with E-state index in [-0.39, 0.29) is 6.42 Å². The van der Waals surface area contributed by atoms with Crippen molar-refractivity contribution in [1.29, 1.82) is 0 Å². The lowest BCUT2D eigenvalue weighted by atomic mass is 10.1. The molecule has 0 saturated carbocycles. The van der Waals surface area contributed by atoms with E-state index in [0.717, 1.165) is 17.8 Å². The maximum Gasteiger partial charge on any atom is 0.416 e. The Morgan fingerprint density at radius 2 is 2.00 bits per heavy atom. The first-order valence-electron chi connectivity index (χ1n) is 6.10. The minimum Gasteiger partial charge on any atom is -0.314 e. The van der Waals surface area contributed by atoms with Crippen molar-refractivity contribution in [3.8, 4) is 0 Å². The van der Waals surface area contributed by atoms with Crippen LogP contribution in [0.1, 0.15) is 22.6 Å². The standard InChI is InChI=1S/C14H14F3N3/c1-18-9-12-5-6-19-13(20-12)8-10-3-2-4-11(7-10)14(15,16)17/h2-7,18H,8-9H2,1H3. The van der Waals surface area contributed by atoms with Crippen molar-refractivity contribution in [2.75, 3.05) is 7.05 Å². The van der Waals surface area contributed by atoms with Crippen LogP contribution in [-0.2, 0) is 19.1 Å². The van der Waals surface area contributed by atoms with E-state index < -0.39 is 11.7 Å². The van der Waals surface area contributed by atoms with Crippen LogP contribution in [0.2, 0.25) is 0 Å². The number of halogens is 3. The number of aromatic nitrogens is 2. The SMILES string of the molecule is CNCc1ccnc(Cc2cccc(C(F)(F)F)c2)n1. The van der Waals surface area contributed by atoms with Crippen molar-refractivity contribution >= 4 is 0 Å². The summed E-state index contributed by atoms with van der Waals surface area (Å²) >= 11 is 0.